The van der Waals surface area contributed by atoms with Crippen LogP contribution >= 0.6 is 11.6 Å². The first-order valence-corrected chi connectivity index (χ1v) is 14.0. The number of carbonyl (C=O) groups is 2. The molecule has 0 saturated heterocycles. The molecule has 0 spiro atoms. The third kappa shape index (κ3) is 7.61. The van der Waals surface area contributed by atoms with E-state index in [0.29, 0.717) is 15.9 Å². The molecule has 0 unspecified atom stereocenters. The zero-order valence-corrected chi connectivity index (χ0v) is 22.0. The largest absolute Gasteiger partial charge is 0.416 e. The summed E-state index contributed by atoms with van der Waals surface area (Å²) in [5.74, 6) is -1.16. The predicted octanol–water partition coefficient (Wildman–Crippen LogP) is 4.60. The summed E-state index contributed by atoms with van der Waals surface area (Å²) in [6, 6.07) is 10.1. The summed E-state index contributed by atoms with van der Waals surface area (Å²) in [4.78, 5) is 27.8. The monoisotopic (exact) mass is 559 g/mol. The summed E-state index contributed by atoms with van der Waals surface area (Å²) < 4.78 is 65.8. The standard InChI is InChI=1S/C25H29ClF3N3O4S/c1-17(24(34)30-20-10-6-7-11-20)31(15-18-8-4-3-5-9-18)23(33)16-32(37(2,35)36)22-14-19(25(27,28)29)12-13-21(22)26/h3-5,8-9,12-14,17,20H,6-7,10-11,15-16H2,1-2H3,(H,30,34)/t17-/m1/s1. The molecule has 12 heteroatoms. The Morgan fingerprint density at radius 3 is 2.30 bits per heavy atom. The number of hydrogen-bond acceptors (Lipinski definition) is 4. The molecule has 1 aliphatic carbocycles. The van der Waals surface area contributed by atoms with Crippen molar-refractivity contribution in [2.45, 2.75) is 57.4 Å². The van der Waals surface area contributed by atoms with Gasteiger partial charge < -0.3 is 10.2 Å². The van der Waals surface area contributed by atoms with Crippen LogP contribution in [0, 0.1) is 0 Å². The minimum atomic E-state index is -4.75. The first-order valence-electron chi connectivity index (χ1n) is 11.8. The minimum absolute atomic E-state index is 0.0000558. The van der Waals surface area contributed by atoms with Crippen molar-refractivity contribution in [3.05, 3.63) is 64.7 Å². The smallest absolute Gasteiger partial charge is 0.352 e. The number of nitrogens with one attached hydrogen (secondary N) is 1. The van der Waals surface area contributed by atoms with Crippen LogP contribution in [0.3, 0.4) is 0 Å². The van der Waals surface area contributed by atoms with Crippen LogP contribution < -0.4 is 9.62 Å². The highest BCUT2D eigenvalue weighted by Crippen LogP contribution is 2.36. The second-order valence-electron chi connectivity index (χ2n) is 9.11. The molecule has 1 atom stereocenters. The van der Waals surface area contributed by atoms with Crippen molar-refractivity contribution in [3.63, 3.8) is 0 Å². The number of sulfonamides is 1. The van der Waals surface area contributed by atoms with Crippen LogP contribution in [0.15, 0.2) is 48.5 Å². The Kier molecular flexibility index (Phi) is 9.12. The van der Waals surface area contributed by atoms with Gasteiger partial charge in [0.2, 0.25) is 21.8 Å². The number of rotatable bonds is 9. The average Bonchev–Trinajstić information content (AvgIpc) is 3.33. The van der Waals surface area contributed by atoms with Gasteiger partial charge in [0.05, 0.1) is 22.5 Å². The van der Waals surface area contributed by atoms with Gasteiger partial charge in [0.25, 0.3) is 0 Å². The number of hydrogen-bond donors (Lipinski definition) is 1. The Labute approximate surface area is 219 Å². The van der Waals surface area contributed by atoms with E-state index in [2.05, 4.69) is 5.32 Å². The van der Waals surface area contributed by atoms with Gasteiger partial charge in [0, 0.05) is 12.6 Å². The summed E-state index contributed by atoms with van der Waals surface area (Å²) in [6.07, 6.45) is -0.324. The molecule has 0 radical (unpaired) electrons. The van der Waals surface area contributed by atoms with Crippen molar-refractivity contribution < 1.29 is 31.2 Å². The normalized spacial score (nSPS) is 15.3. The van der Waals surface area contributed by atoms with Gasteiger partial charge in [-0.1, -0.05) is 54.8 Å². The highest BCUT2D eigenvalue weighted by atomic mass is 35.5. The van der Waals surface area contributed by atoms with Gasteiger partial charge in [0.15, 0.2) is 0 Å². The topological polar surface area (TPSA) is 86.8 Å². The van der Waals surface area contributed by atoms with Crippen LogP contribution in [0.2, 0.25) is 5.02 Å². The predicted molar refractivity (Wildman–Crippen MR) is 135 cm³/mol. The van der Waals surface area contributed by atoms with Gasteiger partial charge in [-0.25, -0.2) is 8.42 Å². The number of nitrogens with zero attached hydrogens (tertiary/aromatic N) is 2. The third-order valence-corrected chi connectivity index (χ3v) is 7.73. The highest BCUT2D eigenvalue weighted by Gasteiger charge is 2.35. The van der Waals surface area contributed by atoms with Gasteiger partial charge in [-0.05, 0) is 43.5 Å². The Balaban J connectivity index is 1.94. The molecule has 1 N–H and O–H groups in total. The molecule has 37 heavy (non-hydrogen) atoms. The van der Waals surface area contributed by atoms with Crippen LogP contribution in [-0.2, 0) is 32.3 Å². The number of alkyl halides is 3. The number of benzene rings is 2. The molecule has 7 nitrogen and oxygen atoms in total. The van der Waals surface area contributed by atoms with E-state index in [9.17, 15) is 31.2 Å². The Bertz CT molecular complexity index is 1220. The number of carbonyl (C=O) groups excluding carboxylic acids is 2. The summed E-state index contributed by atoms with van der Waals surface area (Å²) in [6.45, 7) is 0.688. The van der Waals surface area contributed by atoms with Gasteiger partial charge in [0.1, 0.15) is 12.6 Å². The Hall–Kier alpha value is -2.79. The fourth-order valence-electron chi connectivity index (χ4n) is 4.23. The molecule has 3 rings (SSSR count). The van der Waals surface area contributed by atoms with Crippen molar-refractivity contribution in [1.82, 2.24) is 10.2 Å². The number of halogens is 4. The SMILES string of the molecule is C[C@H](C(=O)NC1CCCC1)N(Cc1ccccc1)C(=O)CN(c1cc(C(F)(F)F)ccc1Cl)S(C)(=O)=O. The molecule has 1 fully saturated rings. The van der Waals surface area contributed by atoms with E-state index in [0.717, 1.165) is 44.1 Å². The van der Waals surface area contributed by atoms with Gasteiger partial charge in [-0.15, -0.1) is 0 Å². The summed E-state index contributed by atoms with van der Waals surface area (Å²) in [7, 11) is -4.24. The molecular weight excluding hydrogens is 531 g/mol. The fraction of sp³-hybridized carbons (Fsp3) is 0.440. The van der Waals surface area contributed by atoms with Crippen LogP contribution in [0.1, 0.15) is 43.7 Å². The molecule has 0 bridgehead atoms. The maximum absolute atomic E-state index is 13.5. The van der Waals surface area contributed by atoms with Gasteiger partial charge >= 0.3 is 6.18 Å². The van der Waals surface area contributed by atoms with Crippen LogP contribution in [0.25, 0.3) is 0 Å². The van der Waals surface area contributed by atoms with E-state index in [1.807, 2.05) is 0 Å². The van der Waals surface area contributed by atoms with E-state index in [1.165, 1.54) is 11.8 Å². The summed E-state index contributed by atoms with van der Waals surface area (Å²) >= 11 is 6.09. The molecule has 202 valence electrons. The van der Waals surface area contributed by atoms with Crippen molar-refractivity contribution >= 4 is 39.1 Å². The van der Waals surface area contributed by atoms with Crippen molar-refractivity contribution in [3.8, 4) is 0 Å². The van der Waals surface area contributed by atoms with E-state index in [-0.39, 0.29) is 23.5 Å². The van der Waals surface area contributed by atoms with E-state index >= 15 is 0 Å². The van der Waals surface area contributed by atoms with Crippen molar-refractivity contribution in [1.29, 1.82) is 0 Å². The lowest BCUT2D eigenvalue weighted by molar-refractivity contribution is -0.139. The first kappa shape index (κ1) is 28.8. The van der Waals surface area contributed by atoms with Crippen molar-refractivity contribution in [2.75, 3.05) is 17.1 Å². The number of amides is 2. The summed E-state index contributed by atoms with van der Waals surface area (Å²) in [5, 5.41) is 2.67. The molecule has 2 amide bonds. The van der Waals surface area contributed by atoms with Gasteiger partial charge in [-0.2, -0.15) is 13.2 Å². The van der Waals surface area contributed by atoms with Crippen LogP contribution in [0.4, 0.5) is 18.9 Å². The molecule has 2 aromatic rings. The second-order valence-corrected chi connectivity index (χ2v) is 11.4. The summed E-state index contributed by atoms with van der Waals surface area (Å²) in [5.41, 5.74) is -0.895. The maximum atomic E-state index is 13.5. The lowest BCUT2D eigenvalue weighted by Crippen LogP contribution is -2.52. The zero-order valence-electron chi connectivity index (χ0n) is 20.5. The van der Waals surface area contributed by atoms with Gasteiger partial charge in [-0.3, -0.25) is 13.9 Å². The lowest BCUT2D eigenvalue weighted by Gasteiger charge is -2.32. The molecule has 0 heterocycles. The quantitative estimate of drug-likeness (QED) is 0.486. The Morgan fingerprint density at radius 2 is 1.73 bits per heavy atom. The molecule has 0 aliphatic heterocycles. The molecular formula is C25H29ClF3N3O4S. The molecule has 2 aromatic carbocycles. The van der Waals surface area contributed by atoms with Crippen LogP contribution in [0.5, 0.6) is 0 Å². The molecule has 1 saturated carbocycles. The van der Waals surface area contributed by atoms with Crippen molar-refractivity contribution in [2.24, 2.45) is 0 Å². The number of anilines is 1. The maximum Gasteiger partial charge on any atom is 0.416 e. The fourth-order valence-corrected chi connectivity index (χ4v) is 5.35. The zero-order chi connectivity index (χ0) is 27.4. The molecule has 0 aromatic heterocycles. The first-order chi connectivity index (χ1) is 17.3. The van der Waals surface area contributed by atoms with E-state index in [4.69, 9.17) is 11.6 Å². The average molecular weight is 560 g/mol. The third-order valence-electron chi connectivity index (χ3n) is 6.29. The lowest BCUT2D eigenvalue weighted by atomic mass is 10.1. The molecule has 1 aliphatic rings. The van der Waals surface area contributed by atoms with E-state index < -0.39 is 45.9 Å². The minimum Gasteiger partial charge on any atom is -0.352 e. The highest BCUT2D eigenvalue weighted by molar-refractivity contribution is 7.92. The van der Waals surface area contributed by atoms with Crippen LogP contribution in [-0.4, -0.2) is 50.0 Å². The Morgan fingerprint density at radius 1 is 1.11 bits per heavy atom. The second kappa shape index (κ2) is 11.7. The van der Waals surface area contributed by atoms with E-state index in [1.54, 1.807) is 30.3 Å².